The van der Waals surface area contributed by atoms with Crippen LogP contribution in [0.3, 0.4) is 0 Å². The molecular weight excluding hydrogens is 280 g/mol. The van der Waals surface area contributed by atoms with Crippen LogP contribution in [0, 0.1) is 17.8 Å². The third-order valence-corrected chi connectivity index (χ3v) is 6.70. The smallest absolute Gasteiger partial charge is 0.159 e. The topological polar surface area (TPSA) is 17.1 Å². The average molecular weight is 312 g/mol. The Kier molecular flexibility index (Phi) is 5.56. The summed E-state index contributed by atoms with van der Waals surface area (Å²) in [4.78, 5) is 11.4. The average Bonchev–Trinajstić information content (AvgIpc) is 2.62. The van der Waals surface area contributed by atoms with Crippen LogP contribution in [-0.2, 0) is 0 Å². The molecule has 1 aromatic carbocycles. The Labute approximate surface area is 141 Å². The molecule has 2 fully saturated rings. The summed E-state index contributed by atoms with van der Waals surface area (Å²) < 4.78 is 0. The van der Waals surface area contributed by atoms with Gasteiger partial charge in [0, 0.05) is 5.56 Å². The van der Waals surface area contributed by atoms with E-state index in [1.54, 1.807) is 6.92 Å². The predicted molar refractivity (Wildman–Crippen MR) is 96.9 cm³/mol. The molecule has 0 saturated heterocycles. The first-order chi connectivity index (χ1) is 11.2. The van der Waals surface area contributed by atoms with Gasteiger partial charge >= 0.3 is 0 Å². The van der Waals surface area contributed by atoms with Gasteiger partial charge < -0.3 is 0 Å². The van der Waals surface area contributed by atoms with Crippen LogP contribution in [0.1, 0.15) is 93.5 Å². The van der Waals surface area contributed by atoms with E-state index in [9.17, 15) is 4.79 Å². The summed E-state index contributed by atoms with van der Waals surface area (Å²) in [7, 11) is 0. The largest absolute Gasteiger partial charge is 0.295 e. The Bertz CT molecular complexity index is 499. The summed E-state index contributed by atoms with van der Waals surface area (Å²) in [6.07, 6.45) is 12.8. The van der Waals surface area contributed by atoms with Crippen molar-refractivity contribution in [3.63, 3.8) is 0 Å². The summed E-state index contributed by atoms with van der Waals surface area (Å²) >= 11 is 0. The molecule has 0 N–H and O–H groups in total. The molecule has 0 atom stereocenters. The highest BCUT2D eigenvalue weighted by molar-refractivity contribution is 5.94. The molecular formula is C22H32O. The molecule has 0 aromatic heterocycles. The Morgan fingerprint density at radius 2 is 1.39 bits per heavy atom. The Morgan fingerprint density at radius 3 is 1.87 bits per heavy atom. The van der Waals surface area contributed by atoms with E-state index in [4.69, 9.17) is 0 Å². The highest BCUT2D eigenvalue weighted by Gasteiger charge is 2.30. The van der Waals surface area contributed by atoms with E-state index in [1.165, 1.54) is 63.4 Å². The number of benzene rings is 1. The van der Waals surface area contributed by atoms with Gasteiger partial charge in [-0.15, -0.1) is 0 Å². The first-order valence-corrected chi connectivity index (χ1v) is 9.78. The third kappa shape index (κ3) is 4.05. The number of rotatable bonds is 4. The molecule has 1 aromatic rings. The van der Waals surface area contributed by atoms with E-state index in [-0.39, 0.29) is 5.78 Å². The van der Waals surface area contributed by atoms with Gasteiger partial charge in [0.2, 0.25) is 0 Å². The van der Waals surface area contributed by atoms with Crippen LogP contribution in [0.25, 0.3) is 0 Å². The van der Waals surface area contributed by atoms with E-state index in [0.29, 0.717) is 0 Å². The lowest BCUT2D eigenvalue weighted by molar-refractivity contribution is 0.101. The number of Topliss-reactive ketones (excluding diaryl/α,β-unsaturated/α-hetero) is 1. The molecule has 2 saturated carbocycles. The van der Waals surface area contributed by atoms with Crippen LogP contribution in [0.2, 0.25) is 0 Å². The van der Waals surface area contributed by atoms with Gasteiger partial charge in [-0.3, -0.25) is 4.79 Å². The van der Waals surface area contributed by atoms with E-state index in [2.05, 4.69) is 19.1 Å². The minimum Gasteiger partial charge on any atom is -0.295 e. The van der Waals surface area contributed by atoms with Gasteiger partial charge in [-0.2, -0.15) is 0 Å². The molecule has 1 heteroatoms. The fraction of sp³-hybridized carbons (Fsp3) is 0.682. The number of hydrogen-bond donors (Lipinski definition) is 0. The zero-order chi connectivity index (χ0) is 16.2. The Balaban J connectivity index is 1.51. The van der Waals surface area contributed by atoms with Crippen molar-refractivity contribution in [1.82, 2.24) is 0 Å². The maximum atomic E-state index is 11.4. The van der Waals surface area contributed by atoms with E-state index < -0.39 is 0 Å². The summed E-state index contributed by atoms with van der Waals surface area (Å²) in [5.74, 6) is 3.91. The van der Waals surface area contributed by atoms with Gasteiger partial charge in [-0.05, 0) is 74.7 Å². The van der Waals surface area contributed by atoms with Crippen LogP contribution in [0.15, 0.2) is 24.3 Å². The van der Waals surface area contributed by atoms with Gasteiger partial charge in [0.1, 0.15) is 0 Å². The van der Waals surface area contributed by atoms with Gasteiger partial charge in [-0.1, -0.05) is 50.5 Å². The van der Waals surface area contributed by atoms with Crippen LogP contribution >= 0.6 is 0 Å². The monoisotopic (exact) mass is 312 g/mol. The summed E-state index contributed by atoms with van der Waals surface area (Å²) in [5.41, 5.74) is 2.29. The summed E-state index contributed by atoms with van der Waals surface area (Å²) in [5, 5.41) is 0. The number of ketones is 1. The van der Waals surface area contributed by atoms with Crippen molar-refractivity contribution in [3.05, 3.63) is 35.4 Å². The molecule has 0 spiro atoms. The Hall–Kier alpha value is -1.11. The summed E-state index contributed by atoms with van der Waals surface area (Å²) in [6, 6.07) is 8.40. The molecule has 126 valence electrons. The second-order valence-electron chi connectivity index (χ2n) is 7.98. The van der Waals surface area contributed by atoms with Crippen molar-refractivity contribution in [2.45, 2.75) is 77.6 Å². The molecule has 0 unspecified atom stereocenters. The molecule has 3 rings (SSSR count). The molecule has 0 bridgehead atoms. The van der Waals surface area contributed by atoms with Crippen LogP contribution in [-0.4, -0.2) is 5.78 Å². The highest BCUT2D eigenvalue weighted by Crippen LogP contribution is 2.44. The van der Waals surface area contributed by atoms with E-state index in [1.807, 2.05) is 12.1 Å². The molecule has 0 radical (unpaired) electrons. The fourth-order valence-corrected chi connectivity index (χ4v) is 4.98. The number of carbonyl (C=O) groups excluding carboxylic acids is 1. The molecule has 0 amide bonds. The lowest BCUT2D eigenvalue weighted by atomic mass is 9.68. The van der Waals surface area contributed by atoms with Crippen LogP contribution < -0.4 is 0 Å². The minimum atomic E-state index is 0.169. The fourth-order valence-electron chi connectivity index (χ4n) is 4.98. The van der Waals surface area contributed by atoms with Gasteiger partial charge in [-0.25, -0.2) is 0 Å². The quantitative estimate of drug-likeness (QED) is 0.589. The number of hydrogen-bond acceptors (Lipinski definition) is 1. The van der Waals surface area contributed by atoms with Crippen LogP contribution in [0.4, 0.5) is 0 Å². The van der Waals surface area contributed by atoms with Crippen molar-refractivity contribution in [2.24, 2.45) is 17.8 Å². The standard InChI is InChI=1S/C22H32O/c1-3-17-4-6-19(7-5-17)21-12-14-22(15-13-21)20-10-8-18(9-11-20)16(2)23/h8-11,17,19,21-22H,3-7,12-15H2,1-2H3/t17-,19-,21?,22?. The zero-order valence-corrected chi connectivity index (χ0v) is 14.9. The second kappa shape index (κ2) is 7.64. The predicted octanol–water partition coefficient (Wildman–Crippen LogP) is 6.38. The van der Waals surface area contributed by atoms with Crippen LogP contribution in [0.5, 0.6) is 0 Å². The van der Waals surface area contributed by atoms with Gasteiger partial charge in [0.25, 0.3) is 0 Å². The second-order valence-corrected chi connectivity index (χ2v) is 7.98. The molecule has 2 aliphatic rings. The van der Waals surface area contributed by atoms with Crippen molar-refractivity contribution >= 4 is 5.78 Å². The maximum absolute atomic E-state index is 11.4. The first kappa shape index (κ1) is 16.7. The lowest BCUT2D eigenvalue weighted by Gasteiger charge is -2.38. The molecule has 1 nitrogen and oxygen atoms in total. The SMILES string of the molecule is CC[C@H]1CC[C@H](C2CCC(c3ccc(C(C)=O)cc3)CC2)CC1. The van der Waals surface area contributed by atoms with Gasteiger partial charge in [0.05, 0.1) is 0 Å². The minimum absolute atomic E-state index is 0.169. The molecule has 0 heterocycles. The Morgan fingerprint density at radius 1 is 0.870 bits per heavy atom. The normalized spacial score (nSPS) is 31.7. The van der Waals surface area contributed by atoms with Crippen molar-refractivity contribution in [3.8, 4) is 0 Å². The zero-order valence-electron chi connectivity index (χ0n) is 14.9. The first-order valence-electron chi connectivity index (χ1n) is 9.78. The lowest BCUT2D eigenvalue weighted by Crippen LogP contribution is -2.25. The molecule has 0 aliphatic heterocycles. The van der Waals surface area contributed by atoms with Crippen molar-refractivity contribution in [2.75, 3.05) is 0 Å². The molecule has 23 heavy (non-hydrogen) atoms. The number of carbonyl (C=O) groups is 1. The highest BCUT2D eigenvalue weighted by atomic mass is 16.1. The molecule has 2 aliphatic carbocycles. The van der Waals surface area contributed by atoms with Crippen molar-refractivity contribution < 1.29 is 4.79 Å². The third-order valence-electron chi connectivity index (χ3n) is 6.70. The van der Waals surface area contributed by atoms with Crippen molar-refractivity contribution in [1.29, 1.82) is 0 Å². The van der Waals surface area contributed by atoms with E-state index in [0.717, 1.165) is 29.2 Å². The summed E-state index contributed by atoms with van der Waals surface area (Å²) in [6.45, 7) is 4.00. The van der Waals surface area contributed by atoms with E-state index >= 15 is 0 Å². The maximum Gasteiger partial charge on any atom is 0.159 e. The van der Waals surface area contributed by atoms with Gasteiger partial charge in [0.15, 0.2) is 5.78 Å².